The van der Waals surface area contributed by atoms with Gasteiger partial charge in [0.1, 0.15) is 5.76 Å². The van der Waals surface area contributed by atoms with E-state index in [0.717, 1.165) is 10.0 Å². The highest BCUT2D eigenvalue weighted by atomic mass is 79.9. The van der Waals surface area contributed by atoms with Crippen LogP contribution in [0, 0.1) is 0 Å². The van der Waals surface area contributed by atoms with Gasteiger partial charge in [0, 0.05) is 41.4 Å². The minimum Gasteiger partial charge on any atom is -0.507 e. The van der Waals surface area contributed by atoms with Gasteiger partial charge in [-0.25, -0.2) is 0 Å². The number of rotatable bonds is 4. The third-order valence-corrected chi connectivity index (χ3v) is 5.29. The van der Waals surface area contributed by atoms with E-state index < -0.39 is 17.7 Å². The monoisotopic (exact) mass is 449 g/mol. The second kappa shape index (κ2) is 7.97. The van der Waals surface area contributed by atoms with Gasteiger partial charge in [-0.3, -0.25) is 19.6 Å². The van der Waals surface area contributed by atoms with E-state index in [1.54, 1.807) is 73.3 Å². The first-order chi connectivity index (χ1) is 14.1. The van der Waals surface area contributed by atoms with Gasteiger partial charge in [0.05, 0.1) is 11.6 Å². The van der Waals surface area contributed by atoms with E-state index in [9.17, 15) is 14.7 Å². The molecule has 3 aromatic rings. The van der Waals surface area contributed by atoms with Crippen molar-refractivity contribution in [2.45, 2.75) is 12.6 Å². The largest absolute Gasteiger partial charge is 0.507 e. The molecule has 1 saturated heterocycles. The topological polar surface area (TPSA) is 83.4 Å². The van der Waals surface area contributed by atoms with Crippen molar-refractivity contribution in [1.29, 1.82) is 0 Å². The third kappa shape index (κ3) is 3.69. The van der Waals surface area contributed by atoms with Crippen molar-refractivity contribution < 1.29 is 14.7 Å². The molecule has 6 nitrogen and oxygen atoms in total. The SMILES string of the molecule is O=C1C(=O)N(Cc2ccncc2)C(c2cccnc2)/C1=C(/O)c1ccc(Br)cc1. The summed E-state index contributed by atoms with van der Waals surface area (Å²) in [6.45, 7) is 0.212. The molecule has 2 aromatic heterocycles. The van der Waals surface area contributed by atoms with Crippen molar-refractivity contribution in [1.82, 2.24) is 14.9 Å². The van der Waals surface area contributed by atoms with Gasteiger partial charge in [-0.15, -0.1) is 0 Å². The van der Waals surface area contributed by atoms with Gasteiger partial charge in [-0.2, -0.15) is 0 Å². The summed E-state index contributed by atoms with van der Waals surface area (Å²) in [7, 11) is 0. The van der Waals surface area contributed by atoms with Crippen LogP contribution in [0.5, 0.6) is 0 Å². The van der Waals surface area contributed by atoms with Crippen molar-refractivity contribution in [2.75, 3.05) is 0 Å². The summed E-state index contributed by atoms with van der Waals surface area (Å²) in [4.78, 5) is 35.4. The fourth-order valence-corrected chi connectivity index (χ4v) is 3.64. The first-order valence-electron chi connectivity index (χ1n) is 8.89. The maximum Gasteiger partial charge on any atom is 0.295 e. The van der Waals surface area contributed by atoms with Crippen LogP contribution in [0.3, 0.4) is 0 Å². The lowest BCUT2D eigenvalue weighted by molar-refractivity contribution is -0.140. The molecular weight excluding hydrogens is 434 g/mol. The first kappa shape index (κ1) is 19.0. The maximum atomic E-state index is 12.9. The second-order valence-corrected chi connectivity index (χ2v) is 7.49. The van der Waals surface area contributed by atoms with E-state index in [2.05, 4.69) is 25.9 Å². The summed E-state index contributed by atoms with van der Waals surface area (Å²) in [5.74, 6) is -1.58. The number of aromatic nitrogens is 2. The van der Waals surface area contributed by atoms with Gasteiger partial charge < -0.3 is 10.0 Å². The zero-order valence-corrected chi connectivity index (χ0v) is 16.8. The van der Waals surface area contributed by atoms with Crippen molar-refractivity contribution in [3.8, 4) is 0 Å². The molecule has 1 aliphatic rings. The summed E-state index contributed by atoms with van der Waals surface area (Å²) in [5, 5.41) is 10.9. The zero-order chi connectivity index (χ0) is 20.4. The van der Waals surface area contributed by atoms with Gasteiger partial charge in [-0.05, 0) is 41.5 Å². The molecule has 1 unspecified atom stereocenters. The Balaban J connectivity index is 1.85. The van der Waals surface area contributed by atoms with E-state index in [1.165, 1.54) is 4.90 Å². The van der Waals surface area contributed by atoms with Crippen molar-refractivity contribution in [3.05, 3.63) is 100 Å². The van der Waals surface area contributed by atoms with Crippen LogP contribution in [0.25, 0.3) is 5.76 Å². The Hall–Kier alpha value is -3.32. The summed E-state index contributed by atoms with van der Waals surface area (Å²) in [6.07, 6.45) is 6.48. The maximum absolute atomic E-state index is 12.9. The highest BCUT2D eigenvalue weighted by Crippen LogP contribution is 2.40. The van der Waals surface area contributed by atoms with Crippen LogP contribution < -0.4 is 0 Å². The number of halogens is 1. The average molecular weight is 450 g/mol. The standard InChI is InChI=1S/C22H16BrN3O3/c23-17-5-3-15(4-6-17)20(27)18-19(16-2-1-9-25-12-16)26(22(29)21(18)28)13-14-7-10-24-11-8-14/h1-12,19,27H,13H2/b20-18-. The van der Waals surface area contributed by atoms with Gasteiger partial charge >= 0.3 is 0 Å². The van der Waals surface area contributed by atoms with Gasteiger partial charge in [-0.1, -0.05) is 34.1 Å². The molecule has 1 fully saturated rings. The highest BCUT2D eigenvalue weighted by molar-refractivity contribution is 9.10. The molecule has 1 atom stereocenters. The molecule has 0 bridgehead atoms. The Morgan fingerprint density at radius 2 is 1.72 bits per heavy atom. The first-order valence-corrected chi connectivity index (χ1v) is 9.68. The van der Waals surface area contributed by atoms with Gasteiger partial charge in [0.15, 0.2) is 0 Å². The molecule has 3 heterocycles. The number of hydrogen-bond acceptors (Lipinski definition) is 5. The number of carbonyl (C=O) groups excluding carboxylic acids is 2. The lowest BCUT2D eigenvalue weighted by Gasteiger charge is -2.25. The van der Waals surface area contributed by atoms with Crippen molar-refractivity contribution in [3.63, 3.8) is 0 Å². The smallest absolute Gasteiger partial charge is 0.295 e. The Bertz CT molecular complexity index is 1080. The zero-order valence-electron chi connectivity index (χ0n) is 15.2. The van der Waals surface area contributed by atoms with E-state index in [4.69, 9.17) is 0 Å². The van der Waals surface area contributed by atoms with Gasteiger partial charge in [0.2, 0.25) is 0 Å². The molecule has 1 aromatic carbocycles. The molecule has 1 N–H and O–H groups in total. The minimum absolute atomic E-state index is 0.0550. The van der Waals surface area contributed by atoms with E-state index in [0.29, 0.717) is 11.1 Å². The van der Waals surface area contributed by atoms with E-state index >= 15 is 0 Å². The number of nitrogens with zero attached hydrogens (tertiary/aromatic N) is 3. The van der Waals surface area contributed by atoms with E-state index in [-0.39, 0.29) is 17.9 Å². The van der Waals surface area contributed by atoms with Crippen LogP contribution in [0.15, 0.2) is 83.4 Å². The average Bonchev–Trinajstić information content (AvgIpc) is 3.00. The number of aliphatic hydroxyl groups is 1. The minimum atomic E-state index is -0.736. The summed E-state index contributed by atoms with van der Waals surface area (Å²) in [6, 6.07) is 13.3. The van der Waals surface area contributed by atoms with E-state index in [1.807, 2.05) is 0 Å². The molecule has 0 aliphatic carbocycles. The quantitative estimate of drug-likeness (QED) is 0.371. The molecule has 144 valence electrons. The Labute approximate surface area is 175 Å². The number of amides is 1. The normalized spacial score (nSPS) is 18.2. The Morgan fingerprint density at radius 1 is 1.00 bits per heavy atom. The number of benzene rings is 1. The second-order valence-electron chi connectivity index (χ2n) is 6.58. The molecule has 0 saturated carbocycles. The third-order valence-electron chi connectivity index (χ3n) is 4.76. The number of hydrogen-bond donors (Lipinski definition) is 1. The van der Waals surface area contributed by atoms with Crippen LogP contribution in [0.1, 0.15) is 22.7 Å². The molecule has 7 heteroatoms. The molecular formula is C22H16BrN3O3. The fraction of sp³-hybridized carbons (Fsp3) is 0.0909. The molecule has 1 amide bonds. The number of ketones is 1. The number of aliphatic hydroxyl groups excluding tert-OH is 1. The Kier molecular flexibility index (Phi) is 5.22. The number of likely N-dealkylation sites (tertiary alicyclic amines) is 1. The van der Waals surface area contributed by atoms with Crippen molar-refractivity contribution in [2.24, 2.45) is 0 Å². The highest BCUT2D eigenvalue weighted by Gasteiger charge is 2.46. The van der Waals surface area contributed by atoms with Crippen LogP contribution in [-0.2, 0) is 16.1 Å². The summed E-state index contributed by atoms with van der Waals surface area (Å²) >= 11 is 3.35. The number of pyridine rings is 2. The van der Waals surface area contributed by atoms with Crippen LogP contribution >= 0.6 is 15.9 Å². The number of Topliss-reactive ketones (excluding diaryl/α,β-unsaturated/α-hetero) is 1. The molecule has 1 aliphatic heterocycles. The van der Waals surface area contributed by atoms with Gasteiger partial charge in [0.25, 0.3) is 11.7 Å². The lowest BCUT2D eigenvalue weighted by atomic mass is 9.96. The fourth-order valence-electron chi connectivity index (χ4n) is 3.38. The lowest BCUT2D eigenvalue weighted by Crippen LogP contribution is -2.29. The van der Waals surface area contributed by atoms with Crippen molar-refractivity contribution >= 4 is 33.4 Å². The van der Waals surface area contributed by atoms with Crippen LogP contribution in [-0.4, -0.2) is 31.7 Å². The Morgan fingerprint density at radius 3 is 2.38 bits per heavy atom. The van der Waals surface area contributed by atoms with Crippen LogP contribution in [0.2, 0.25) is 0 Å². The molecule has 4 rings (SSSR count). The number of carbonyl (C=O) groups is 2. The molecule has 0 spiro atoms. The molecule has 29 heavy (non-hydrogen) atoms. The predicted octanol–water partition coefficient (Wildman–Crippen LogP) is 3.86. The summed E-state index contributed by atoms with van der Waals surface area (Å²) in [5.41, 5.74) is 2.00. The predicted molar refractivity (Wildman–Crippen MR) is 110 cm³/mol. The summed E-state index contributed by atoms with van der Waals surface area (Å²) < 4.78 is 0.844. The van der Waals surface area contributed by atoms with Crippen LogP contribution in [0.4, 0.5) is 0 Å². The molecule has 0 radical (unpaired) electrons.